The third kappa shape index (κ3) is 1.91. The van der Waals surface area contributed by atoms with Crippen molar-refractivity contribution < 1.29 is 14.6 Å². The fraction of sp³-hybridized carbons (Fsp3) is 0.929. The monoisotopic (exact) mass is 255 g/mol. The van der Waals surface area contributed by atoms with Crippen molar-refractivity contribution >= 4 is 6.09 Å². The summed E-state index contributed by atoms with van der Waals surface area (Å²) in [4.78, 5) is 12.0. The van der Waals surface area contributed by atoms with Crippen molar-refractivity contribution in [1.82, 2.24) is 5.32 Å². The maximum atomic E-state index is 12.0. The molecule has 0 heterocycles. The smallest absolute Gasteiger partial charge is 0.408 e. The summed E-state index contributed by atoms with van der Waals surface area (Å²) in [5.74, 6) is 0.488. The molecule has 2 saturated carbocycles. The van der Waals surface area contributed by atoms with Gasteiger partial charge in [-0.25, -0.2) is 4.79 Å². The van der Waals surface area contributed by atoms with Crippen molar-refractivity contribution in [1.29, 1.82) is 0 Å². The zero-order chi connectivity index (χ0) is 13.8. The Morgan fingerprint density at radius 3 is 2.39 bits per heavy atom. The van der Waals surface area contributed by atoms with E-state index in [2.05, 4.69) is 19.2 Å². The van der Waals surface area contributed by atoms with E-state index in [0.717, 1.165) is 19.3 Å². The first-order chi connectivity index (χ1) is 8.08. The third-order valence-electron chi connectivity index (χ3n) is 4.86. The minimum absolute atomic E-state index is 0.0661. The molecular weight excluding hydrogens is 230 g/mol. The SMILES string of the molecule is CC(C)(C)OC(=O)N[C@@]12CC[C@@H](C[C@H]1O)C2(C)C. The average Bonchev–Trinajstić information content (AvgIpc) is 2.47. The number of carbonyl (C=O) groups is 1. The number of fused-ring (bicyclic) bond motifs is 2. The second-order valence-corrected chi connectivity index (χ2v) is 7.31. The Bertz CT molecular complexity index is 359. The zero-order valence-electron chi connectivity index (χ0n) is 12.0. The van der Waals surface area contributed by atoms with Gasteiger partial charge in [-0.05, 0) is 51.4 Å². The van der Waals surface area contributed by atoms with Crippen LogP contribution in [-0.4, -0.2) is 28.4 Å². The Hall–Kier alpha value is -0.770. The molecule has 1 amide bonds. The van der Waals surface area contributed by atoms with Crippen LogP contribution in [0.5, 0.6) is 0 Å². The number of aliphatic hydroxyl groups is 1. The van der Waals surface area contributed by atoms with Gasteiger partial charge in [0.05, 0.1) is 11.6 Å². The lowest BCUT2D eigenvalue weighted by molar-refractivity contribution is 0.00882. The number of ether oxygens (including phenoxy) is 1. The zero-order valence-corrected chi connectivity index (χ0v) is 12.0. The highest BCUT2D eigenvalue weighted by Gasteiger charge is 2.64. The molecule has 3 atom stereocenters. The van der Waals surface area contributed by atoms with E-state index in [9.17, 15) is 9.90 Å². The predicted octanol–water partition coefficient (Wildman–Crippen LogP) is 2.45. The molecule has 0 aromatic rings. The molecule has 2 fully saturated rings. The van der Waals surface area contributed by atoms with E-state index < -0.39 is 23.3 Å². The van der Waals surface area contributed by atoms with Crippen LogP contribution in [0.15, 0.2) is 0 Å². The summed E-state index contributed by atoms with van der Waals surface area (Å²) in [6, 6.07) is 0. The highest BCUT2D eigenvalue weighted by atomic mass is 16.6. The molecule has 18 heavy (non-hydrogen) atoms. The molecule has 0 aromatic heterocycles. The molecule has 2 aliphatic carbocycles. The van der Waals surface area contributed by atoms with Crippen molar-refractivity contribution in [3.05, 3.63) is 0 Å². The Kier molecular flexibility index (Phi) is 2.93. The van der Waals surface area contributed by atoms with E-state index in [4.69, 9.17) is 4.74 Å². The minimum Gasteiger partial charge on any atom is -0.444 e. The second kappa shape index (κ2) is 3.86. The Morgan fingerprint density at radius 2 is 2.00 bits per heavy atom. The molecule has 2 aliphatic rings. The molecule has 4 heteroatoms. The summed E-state index contributed by atoms with van der Waals surface area (Å²) < 4.78 is 5.33. The number of nitrogens with one attached hydrogen (secondary N) is 1. The van der Waals surface area contributed by atoms with Gasteiger partial charge in [-0.2, -0.15) is 0 Å². The number of amides is 1. The Balaban J connectivity index is 2.14. The molecule has 0 aromatic carbocycles. The van der Waals surface area contributed by atoms with Gasteiger partial charge in [-0.15, -0.1) is 0 Å². The average molecular weight is 255 g/mol. The number of rotatable bonds is 1. The van der Waals surface area contributed by atoms with E-state index >= 15 is 0 Å². The highest BCUT2D eigenvalue weighted by molar-refractivity contribution is 5.69. The second-order valence-electron chi connectivity index (χ2n) is 7.31. The van der Waals surface area contributed by atoms with Crippen LogP contribution in [0, 0.1) is 11.3 Å². The fourth-order valence-corrected chi connectivity index (χ4v) is 3.72. The maximum Gasteiger partial charge on any atom is 0.408 e. The molecule has 0 unspecified atom stereocenters. The van der Waals surface area contributed by atoms with Crippen LogP contribution in [0.25, 0.3) is 0 Å². The molecule has 2 N–H and O–H groups in total. The lowest BCUT2D eigenvalue weighted by Crippen LogP contribution is -2.60. The van der Waals surface area contributed by atoms with Crippen LogP contribution in [0.1, 0.15) is 53.9 Å². The summed E-state index contributed by atoms with van der Waals surface area (Å²) in [7, 11) is 0. The molecule has 0 aliphatic heterocycles. The molecule has 2 rings (SSSR count). The maximum absolute atomic E-state index is 12.0. The molecule has 104 valence electrons. The van der Waals surface area contributed by atoms with Crippen molar-refractivity contribution in [3.63, 3.8) is 0 Å². The fourth-order valence-electron chi connectivity index (χ4n) is 3.72. The normalized spacial score (nSPS) is 37.7. The van der Waals surface area contributed by atoms with Crippen LogP contribution >= 0.6 is 0 Å². The van der Waals surface area contributed by atoms with Crippen molar-refractivity contribution in [3.8, 4) is 0 Å². The number of hydrogen-bond acceptors (Lipinski definition) is 3. The first-order valence-electron chi connectivity index (χ1n) is 6.78. The van der Waals surface area contributed by atoms with Crippen molar-refractivity contribution in [2.24, 2.45) is 11.3 Å². The molecule has 0 radical (unpaired) electrons. The van der Waals surface area contributed by atoms with E-state index in [1.807, 2.05) is 20.8 Å². The van der Waals surface area contributed by atoms with E-state index in [0.29, 0.717) is 5.92 Å². The van der Waals surface area contributed by atoms with E-state index in [1.54, 1.807) is 0 Å². The Labute approximate surface area is 109 Å². The van der Waals surface area contributed by atoms with E-state index in [1.165, 1.54) is 0 Å². The van der Waals surface area contributed by atoms with Gasteiger partial charge in [0.1, 0.15) is 5.60 Å². The van der Waals surface area contributed by atoms with Crippen LogP contribution in [0.3, 0.4) is 0 Å². The van der Waals surface area contributed by atoms with Crippen LogP contribution in [0.2, 0.25) is 0 Å². The van der Waals surface area contributed by atoms with Crippen LogP contribution in [-0.2, 0) is 4.74 Å². The van der Waals surface area contributed by atoms with Gasteiger partial charge in [-0.3, -0.25) is 0 Å². The standard InChI is InChI=1S/C14H25NO3/c1-12(2,3)18-11(17)15-14-7-6-9(8-10(14)16)13(14,4)5/h9-10,16H,6-8H2,1-5H3,(H,15,17)/t9-,10+,14-/m0/s1. The van der Waals surface area contributed by atoms with E-state index in [-0.39, 0.29) is 5.41 Å². The first kappa shape index (κ1) is 13.7. The summed E-state index contributed by atoms with van der Waals surface area (Å²) >= 11 is 0. The lowest BCUT2D eigenvalue weighted by atomic mass is 9.75. The number of alkyl carbamates (subject to hydrolysis) is 1. The topological polar surface area (TPSA) is 58.6 Å². The molecular formula is C14H25NO3. The summed E-state index contributed by atoms with van der Waals surface area (Å²) in [6.45, 7) is 9.81. The van der Waals surface area contributed by atoms with Gasteiger partial charge in [0.2, 0.25) is 0 Å². The van der Waals surface area contributed by atoms with Crippen molar-refractivity contribution in [2.75, 3.05) is 0 Å². The highest BCUT2D eigenvalue weighted by Crippen LogP contribution is 2.60. The molecule has 4 nitrogen and oxygen atoms in total. The van der Waals surface area contributed by atoms with Gasteiger partial charge in [0.25, 0.3) is 0 Å². The van der Waals surface area contributed by atoms with Crippen molar-refractivity contribution in [2.45, 2.75) is 71.1 Å². The van der Waals surface area contributed by atoms with Gasteiger partial charge in [0.15, 0.2) is 0 Å². The summed E-state index contributed by atoms with van der Waals surface area (Å²) in [6.07, 6.45) is 1.81. The molecule has 0 spiro atoms. The van der Waals surface area contributed by atoms with Crippen LogP contribution < -0.4 is 5.32 Å². The lowest BCUT2D eigenvalue weighted by Gasteiger charge is -2.41. The third-order valence-corrected chi connectivity index (χ3v) is 4.86. The Morgan fingerprint density at radius 1 is 1.39 bits per heavy atom. The first-order valence-corrected chi connectivity index (χ1v) is 6.78. The number of carbonyl (C=O) groups excluding carboxylic acids is 1. The van der Waals surface area contributed by atoms with Gasteiger partial charge in [0, 0.05) is 0 Å². The quantitative estimate of drug-likeness (QED) is 0.756. The molecule has 2 bridgehead atoms. The largest absolute Gasteiger partial charge is 0.444 e. The molecule has 0 saturated heterocycles. The summed E-state index contributed by atoms with van der Waals surface area (Å²) in [5.41, 5.74) is -1.09. The summed E-state index contributed by atoms with van der Waals surface area (Å²) in [5, 5.41) is 13.3. The van der Waals surface area contributed by atoms with Crippen LogP contribution in [0.4, 0.5) is 4.79 Å². The van der Waals surface area contributed by atoms with Gasteiger partial charge >= 0.3 is 6.09 Å². The predicted molar refractivity (Wildman–Crippen MR) is 69.2 cm³/mol. The number of aliphatic hydroxyl groups excluding tert-OH is 1. The minimum atomic E-state index is -0.514. The number of hydrogen-bond donors (Lipinski definition) is 2. The van der Waals surface area contributed by atoms with Gasteiger partial charge in [-0.1, -0.05) is 13.8 Å². The van der Waals surface area contributed by atoms with Gasteiger partial charge < -0.3 is 15.2 Å².